The highest BCUT2D eigenvalue weighted by Gasteiger charge is 2.38. The Balaban J connectivity index is 2.06. The molecule has 1 aliphatic rings. The molecule has 0 saturated heterocycles. The third-order valence-corrected chi connectivity index (χ3v) is 4.00. The van der Waals surface area contributed by atoms with Gasteiger partial charge in [-0.25, -0.2) is 4.39 Å². The Bertz CT molecular complexity index is 487. The number of anilines is 1. The highest BCUT2D eigenvalue weighted by Crippen LogP contribution is 2.36. The van der Waals surface area contributed by atoms with Crippen molar-refractivity contribution in [3.63, 3.8) is 0 Å². The summed E-state index contributed by atoms with van der Waals surface area (Å²) in [5, 5.41) is 13.6. The normalized spacial score (nSPS) is 17.1. The van der Waals surface area contributed by atoms with Crippen molar-refractivity contribution >= 4 is 11.4 Å². The third-order valence-electron chi connectivity index (χ3n) is 4.00. The third kappa shape index (κ3) is 2.68. The van der Waals surface area contributed by atoms with Crippen LogP contribution in [0.2, 0.25) is 0 Å². The summed E-state index contributed by atoms with van der Waals surface area (Å²) in [7, 11) is 4.04. The molecule has 0 heterocycles. The molecule has 1 aromatic carbocycles. The Morgan fingerprint density at radius 2 is 2.16 bits per heavy atom. The summed E-state index contributed by atoms with van der Waals surface area (Å²) in [4.78, 5) is 12.1. The van der Waals surface area contributed by atoms with Crippen LogP contribution in [0.3, 0.4) is 0 Å². The second-order valence-electron chi connectivity index (χ2n) is 5.25. The first-order chi connectivity index (χ1) is 8.94. The molecule has 1 saturated carbocycles. The quantitative estimate of drug-likeness (QED) is 0.658. The summed E-state index contributed by atoms with van der Waals surface area (Å²) < 4.78 is 13.7. The summed E-state index contributed by atoms with van der Waals surface area (Å²) in [6.45, 7) is 0.648. The molecule has 1 N–H and O–H groups in total. The molecule has 6 heteroatoms. The van der Waals surface area contributed by atoms with E-state index in [0.717, 1.165) is 18.9 Å². The lowest BCUT2D eigenvalue weighted by Gasteiger charge is -2.47. The monoisotopic (exact) mass is 267 g/mol. The van der Waals surface area contributed by atoms with Gasteiger partial charge in [-0.15, -0.1) is 0 Å². The molecule has 1 aromatic rings. The molecule has 2 rings (SSSR count). The predicted octanol–water partition coefficient (Wildman–Crippen LogP) is 2.63. The van der Waals surface area contributed by atoms with Crippen LogP contribution in [0.15, 0.2) is 18.2 Å². The fraction of sp³-hybridized carbons (Fsp3) is 0.538. The maximum Gasteiger partial charge on any atom is 0.272 e. The van der Waals surface area contributed by atoms with Crippen molar-refractivity contribution in [1.82, 2.24) is 4.90 Å². The maximum atomic E-state index is 13.7. The number of likely N-dealkylation sites (N-methyl/N-ethyl adjacent to an activating group) is 1. The Morgan fingerprint density at radius 3 is 2.58 bits per heavy atom. The van der Waals surface area contributed by atoms with Gasteiger partial charge in [0.15, 0.2) is 5.82 Å². The van der Waals surface area contributed by atoms with Crippen LogP contribution in [0.25, 0.3) is 0 Å². The van der Waals surface area contributed by atoms with Gasteiger partial charge in [-0.3, -0.25) is 10.1 Å². The molecule has 0 aliphatic heterocycles. The number of halogens is 1. The smallest absolute Gasteiger partial charge is 0.272 e. The molecular formula is C13H18FN3O2. The van der Waals surface area contributed by atoms with Crippen LogP contribution in [-0.4, -0.2) is 36.0 Å². The molecule has 0 unspecified atom stereocenters. The number of nitrogens with zero attached hydrogens (tertiary/aromatic N) is 2. The SMILES string of the molecule is CN(C)C1(CNc2ccc([N+](=O)[O-])cc2F)CCC1. The summed E-state index contributed by atoms with van der Waals surface area (Å²) in [5.41, 5.74) is 0.168. The van der Waals surface area contributed by atoms with Gasteiger partial charge in [-0.1, -0.05) is 0 Å². The van der Waals surface area contributed by atoms with Gasteiger partial charge in [-0.2, -0.15) is 0 Å². The molecule has 0 radical (unpaired) electrons. The first-order valence-electron chi connectivity index (χ1n) is 6.30. The second-order valence-corrected chi connectivity index (χ2v) is 5.25. The molecule has 0 atom stereocenters. The number of nitrogens with one attached hydrogen (secondary N) is 1. The minimum absolute atomic E-state index is 0.0776. The number of rotatable bonds is 5. The van der Waals surface area contributed by atoms with E-state index in [-0.39, 0.29) is 11.2 Å². The first-order valence-corrected chi connectivity index (χ1v) is 6.30. The van der Waals surface area contributed by atoms with E-state index in [1.54, 1.807) is 0 Å². The predicted molar refractivity (Wildman–Crippen MR) is 71.8 cm³/mol. The minimum atomic E-state index is -0.597. The highest BCUT2D eigenvalue weighted by molar-refractivity contribution is 5.50. The van der Waals surface area contributed by atoms with Crippen molar-refractivity contribution in [1.29, 1.82) is 0 Å². The zero-order valence-corrected chi connectivity index (χ0v) is 11.1. The molecule has 0 amide bonds. The van der Waals surface area contributed by atoms with E-state index in [0.29, 0.717) is 12.2 Å². The average Bonchev–Trinajstić information content (AvgIpc) is 2.28. The molecule has 104 valence electrons. The van der Waals surface area contributed by atoms with Gasteiger partial charge in [0.1, 0.15) is 0 Å². The lowest BCUT2D eigenvalue weighted by molar-refractivity contribution is -0.385. The second kappa shape index (κ2) is 5.13. The van der Waals surface area contributed by atoms with Crippen LogP contribution in [-0.2, 0) is 0 Å². The van der Waals surface area contributed by atoms with Crippen LogP contribution in [0.1, 0.15) is 19.3 Å². The van der Waals surface area contributed by atoms with Crippen molar-refractivity contribution in [2.75, 3.05) is 26.0 Å². The molecule has 1 fully saturated rings. The van der Waals surface area contributed by atoms with Crippen molar-refractivity contribution in [2.45, 2.75) is 24.8 Å². The van der Waals surface area contributed by atoms with Gasteiger partial charge in [0, 0.05) is 18.2 Å². The fourth-order valence-electron chi connectivity index (χ4n) is 2.39. The van der Waals surface area contributed by atoms with Gasteiger partial charge in [-0.05, 0) is 39.4 Å². The summed E-state index contributed by atoms with van der Waals surface area (Å²) >= 11 is 0. The van der Waals surface area contributed by atoms with Gasteiger partial charge in [0.2, 0.25) is 0 Å². The van der Waals surface area contributed by atoms with E-state index in [9.17, 15) is 14.5 Å². The molecule has 0 spiro atoms. The standard InChI is InChI=1S/C13H18FN3O2/c1-16(2)13(6-3-7-13)9-15-12-5-4-10(17(18)19)8-11(12)14/h4-5,8,15H,3,6-7,9H2,1-2H3. The lowest BCUT2D eigenvalue weighted by atomic mass is 9.75. The largest absolute Gasteiger partial charge is 0.381 e. The van der Waals surface area contributed by atoms with Crippen molar-refractivity contribution in [3.8, 4) is 0 Å². The average molecular weight is 267 g/mol. The Labute approximate surface area is 111 Å². The van der Waals surface area contributed by atoms with Gasteiger partial charge >= 0.3 is 0 Å². The van der Waals surface area contributed by atoms with Crippen LogP contribution in [0.5, 0.6) is 0 Å². The van der Waals surface area contributed by atoms with E-state index >= 15 is 0 Å². The van der Waals surface area contributed by atoms with Gasteiger partial charge in [0.05, 0.1) is 16.7 Å². The summed E-state index contributed by atoms with van der Waals surface area (Å²) in [5.74, 6) is -0.581. The zero-order valence-electron chi connectivity index (χ0n) is 11.1. The molecule has 0 bridgehead atoms. The van der Waals surface area contributed by atoms with Crippen molar-refractivity contribution in [2.24, 2.45) is 0 Å². The van der Waals surface area contributed by atoms with E-state index in [1.807, 2.05) is 14.1 Å². The van der Waals surface area contributed by atoms with Crippen LogP contribution in [0.4, 0.5) is 15.8 Å². The maximum absolute atomic E-state index is 13.7. The molecule has 1 aliphatic carbocycles. The number of hydrogen-bond donors (Lipinski definition) is 1. The fourth-order valence-corrected chi connectivity index (χ4v) is 2.39. The zero-order chi connectivity index (χ0) is 14.0. The topological polar surface area (TPSA) is 58.4 Å². The van der Waals surface area contributed by atoms with Crippen LogP contribution in [0, 0.1) is 15.9 Å². The number of hydrogen-bond acceptors (Lipinski definition) is 4. The summed E-state index contributed by atoms with van der Waals surface area (Å²) in [6, 6.07) is 3.69. The van der Waals surface area contributed by atoms with E-state index in [4.69, 9.17) is 0 Å². The first kappa shape index (κ1) is 13.7. The number of non-ortho nitro benzene ring substituents is 1. The molecule has 5 nitrogen and oxygen atoms in total. The van der Waals surface area contributed by atoms with E-state index < -0.39 is 10.7 Å². The lowest BCUT2D eigenvalue weighted by Crippen LogP contribution is -2.54. The molecule has 19 heavy (non-hydrogen) atoms. The Kier molecular flexibility index (Phi) is 3.71. The van der Waals surface area contributed by atoms with E-state index in [2.05, 4.69) is 10.2 Å². The summed E-state index contributed by atoms with van der Waals surface area (Å²) in [6.07, 6.45) is 3.35. The number of nitro benzene ring substituents is 1. The van der Waals surface area contributed by atoms with Crippen molar-refractivity contribution < 1.29 is 9.31 Å². The van der Waals surface area contributed by atoms with Crippen molar-refractivity contribution in [3.05, 3.63) is 34.1 Å². The molecular weight excluding hydrogens is 249 g/mol. The van der Waals surface area contributed by atoms with Gasteiger partial charge < -0.3 is 10.2 Å². The molecule has 0 aromatic heterocycles. The van der Waals surface area contributed by atoms with Gasteiger partial charge in [0.25, 0.3) is 5.69 Å². The van der Waals surface area contributed by atoms with E-state index in [1.165, 1.54) is 18.6 Å². The highest BCUT2D eigenvalue weighted by atomic mass is 19.1. The van der Waals surface area contributed by atoms with Crippen LogP contribution < -0.4 is 5.32 Å². The van der Waals surface area contributed by atoms with Crippen LogP contribution >= 0.6 is 0 Å². The number of benzene rings is 1. The number of nitro groups is 1. The Morgan fingerprint density at radius 1 is 1.47 bits per heavy atom. The Hall–Kier alpha value is -1.69. The minimum Gasteiger partial charge on any atom is -0.381 e.